The van der Waals surface area contributed by atoms with Crippen molar-refractivity contribution in [3.05, 3.63) is 48.0 Å². The summed E-state index contributed by atoms with van der Waals surface area (Å²) >= 11 is 0. The first-order valence-electron chi connectivity index (χ1n) is 10.2. The van der Waals surface area contributed by atoms with Crippen molar-refractivity contribution in [2.45, 2.75) is 39.3 Å². The molecular formula is C24H26N2O4. The molecule has 1 saturated carbocycles. The van der Waals surface area contributed by atoms with Crippen LogP contribution in [0.15, 0.2) is 42.5 Å². The van der Waals surface area contributed by atoms with Crippen molar-refractivity contribution in [1.29, 1.82) is 0 Å². The average molecular weight is 406 g/mol. The molecule has 1 aromatic heterocycles. The zero-order valence-corrected chi connectivity index (χ0v) is 17.5. The van der Waals surface area contributed by atoms with E-state index >= 15 is 0 Å². The summed E-state index contributed by atoms with van der Waals surface area (Å²) in [5.41, 5.74) is 4.14. The second kappa shape index (κ2) is 8.22. The van der Waals surface area contributed by atoms with Gasteiger partial charge in [0.15, 0.2) is 6.29 Å². The molecule has 1 aliphatic rings. The molecule has 0 unspecified atom stereocenters. The van der Waals surface area contributed by atoms with Gasteiger partial charge in [0, 0.05) is 29.2 Å². The minimum absolute atomic E-state index is 0.186. The number of amides is 1. The number of aldehydes is 1. The molecule has 0 aliphatic heterocycles. The predicted octanol–water partition coefficient (Wildman–Crippen LogP) is 5.50. The molecule has 0 atom stereocenters. The Balaban J connectivity index is 1.75. The number of hydrogen-bond donors (Lipinski definition) is 1. The van der Waals surface area contributed by atoms with Gasteiger partial charge in [0.25, 0.3) is 0 Å². The smallest absolute Gasteiger partial charge is 0.411 e. The summed E-state index contributed by atoms with van der Waals surface area (Å²) in [4.78, 5) is 23.9. The van der Waals surface area contributed by atoms with Gasteiger partial charge in [0.05, 0.1) is 24.4 Å². The van der Waals surface area contributed by atoms with Crippen LogP contribution in [0.2, 0.25) is 0 Å². The summed E-state index contributed by atoms with van der Waals surface area (Å²) in [6.45, 7) is 4.47. The maximum atomic E-state index is 12.1. The average Bonchev–Trinajstić information content (AvgIpc) is 3.49. The van der Waals surface area contributed by atoms with Gasteiger partial charge >= 0.3 is 6.09 Å². The number of benzene rings is 2. The van der Waals surface area contributed by atoms with Crippen LogP contribution in [-0.4, -0.2) is 30.2 Å². The van der Waals surface area contributed by atoms with Gasteiger partial charge in [-0.15, -0.1) is 0 Å². The molecule has 6 heteroatoms. The topological polar surface area (TPSA) is 69.6 Å². The van der Waals surface area contributed by atoms with Gasteiger partial charge in [-0.3, -0.25) is 10.1 Å². The molecule has 1 N–H and O–H groups in total. The van der Waals surface area contributed by atoms with Gasteiger partial charge < -0.3 is 14.0 Å². The Morgan fingerprint density at radius 3 is 2.53 bits per heavy atom. The van der Waals surface area contributed by atoms with E-state index in [4.69, 9.17) is 9.47 Å². The lowest BCUT2D eigenvalue weighted by atomic mass is 10.1. The third-order valence-electron chi connectivity index (χ3n) is 5.31. The van der Waals surface area contributed by atoms with Crippen LogP contribution in [0.5, 0.6) is 5.75 Å². The number of carbonyl (C=O) groups excluding carboxylic acids is 2. The minimum atomic E-state index is -0.485. The van der Waals surface area contributed by atoms with E-state index in [1.807, 2.05) is 42.5 Å². The fourth-order valence-electron chi connectivity index (χ4n) is 3.73. The standard InChI is InChI=1S/C24H26N2O4/c1-15(2)30-24(28)25-18-8-6-17(7-9-18)23-21(14-27)20-11-10-19(29-3)12-22(20)26(23)13-16-4-5-16/h6-12,14-16H,4-5,13H2,1-3H3,(H,25,28). The molecule has 0 saturated heterocycles. The van der Waals surface area contributed by atoms with Gasteiger partial charge in [-0.2, -0.15) is 0 Å². The van der Waals surface area contributed by atoms with Crippen LogP contribution < -0.4 is 10.1 Å². The number of anilines is 1. The molecule has 0 spiro atoms. The highest BCUT2D eigenvalue weighted by atomic mass is 16.6. The molecular weight excluding hydrogens is 380 g/mol. The van der Waals surface area contributed by atoms with E-state index in [1.165, 1.54) is 12.8 Å². The Hall–Kier alpha value is -3.28. The summed E-state index contributed by atoms with van der Waals surface area (Å²) in [5, 5.41) is 3.65. The Bertz CT molecular complexity index is 1080. The van der Waals surface area contributed by atoms with Crippen molar-refractivity contribution in [2.75, 3.05) is 12.4 Å². The van der Waals surface area contributed by atoms with Crippen LogP contribution >= 0.6 is 0 Å². The molecule has 4 rings (SSSR count). The van der Waals surface area contributed by atoms with Crippen LogP contribution in [-0.2, 0) is 11.3 Å². The molecule has 2 aromatic carbocycles. The fraction of sp³-hybridized carbons (Fsp3) is 0.333. The number of methoxy groups -OCH3 is 1. The van der Waals surface area contributed by atoms with Gasteiger partial charge in [-0.05, 0) is 62.4 Å². The van der Waals surface area contributed by atoms with Crippen LogP contribution in [0, 0.1) is 5.92 Å². The van der Waals surface area contributed by atoms with E-state index < -0.39 is 6.09 Å². The van der Waals surface area contributed by atoms with Crippen molar-refractivity contribution in [2.24, 2.45) is 5.92 Å². The molecule has 30 heavy (non-hydrogen) atoms. The number of hydrogen-bond acceptors (Lipinski definition) is 4. The normalized spacial score (nSPS) is 13.5. The van der Waals surface area contributed by atoms with E-state index in [1.54, 1.807) is 21.0 Å². The summed E-state index contributed by atoms with van der Waals surface area (Å²) in [7, 11) is 1.65. The second-order valence-corrected chi connectivity index (χ2v) is 7.97. The number of carbonyl (C=O) groups is 2. The SMILES string of the molecule is COc1ccc2c(C=O)c(-c3ccc(NC(=O)OC(C)C)cc3)n(CC3CC3)c2c1. The largest absolute Gasteiger partial charge is 0.497 e. The van der Waals surface area contributed by atoms with E-state index in [2.05, 4.69) is 9.88 Å². The lowest BCUT2D eigenvalue weighted by Crippen LogP contribution is -2.17. The fourth-order valence-corrected chi connectivity index (χ4v) is 3.73. The van der Waals surface area contributed by atoms with Gasteiger partial charge in [-0.25, -0.2) is 4.79 Å². The van der Waals surface area contributed by atoms with E-state index in [0.29, 0.717) is 17.2 Å². The molecule has 6 nitrogen and oxygen atoms in total. The highest BCUT2D eigenvalue weighted by Gasteiger charge is 2.26. The summed E-state index contributed by atoms with van der Waals surface area (Å²) < 4.78 is 12.8. The van der Waals surface area contributed by atoms with Crippen molar-refractivity contribution in [1.82, 2.24) is 4.57 Å². The van der Waals surface area contributed by atoms with Gasteiger partial charge in [0.1, 0.15) is 5.75 Å². The molecule has 1 amide bonds. The molecule has 3 aromatic rings. The summed E-state index contributed by atoms with van der Waals surface area (Å²) in [6, 6.07) is 13.3. The first kappa shape index (κ1) is 20.0. The molecule has 156 valence electrons. The zero-order valence-electron chi connectivity index (χ0n) is 17.5. The van der Waals surface area contributed by atoms with Gasteiger partial charge in [0.2, 0.25) is 0 Å². The Morgan fingerprint density at radius 1 is 1.20 bits per heavy atom. The number of rotatable bonds is 7. The molecule has 1 heterocycles. The maximum absolute atomic E-state index is 12.1. The molecule has 0 bridgehead atoms. The molecule has 0 radical (unpaired) electrons. The zero-order chi connectivity index (χ0) is 21.3. The molecule has 1 fully saturated rings. The number of ether oxygens (including phenoxy) is 2. The third-order valence-corrected chi connectivity index (χ3v) is 5.31. The quantitative estimate of drug-likeness (QED) is 0.526. The van der Waals surface area contributed by atoms with Crippen molar-refractivity contribution < 1.29 is 19.1 Å². The first-order chi connectivity index (χ1) is 14.5. The Kier molecular flexibility index (Phi) is 5.48. The summed E-state index contributed by atoms with van der Waals surface area (Å²) in [5.74, 6) is 1.40. The number of nitrogens with one attached hydrogen (secondary N) is 1. The Morgan fingerprint density at radius 2 is 1.93 bits per heavy atom. The number of nitrogens with zero attached hydrogens (tertiary/aromatic N) is 1. The first-order valence-corrected chi connectivity index (χ1v) is 10.2. The highest BCUT2D eigenvalue weighted by Crippen LogP contribution is 2.39. The lowest BCUT2D eigenvalue weighted by Gasteiger charge is -2.13. The lowest BCUT2D eigenvalue weighted by molar-refractivity contribution is 0.112. The van der Waals surface area contributed by atoms with Crippen LogP contribution in [0.1, 0.15) is 37.0 Å². The van der Waals surface area contributed by atoms with E-state index in [-0.39, 0.29) is 6.10 Å². The second-order valence-electron chi connectivity index (χ2n) is 7.97. The van der Waals surface area contributed by atoms with Crippen molar-refractivity contribution in [3.63, 3.8) is 0 Å². The number of aromatic nitrogens is 1. The van der Waals surface area contributed by atoms with Crippen LogP contribution in [0.25, 0.3) is 22.2 Å². The van der Waals surface area contributed by atoms with Crippen LogP contribution in [0.4, 0.5) is 10.5 Å². The number of fused-ring (bicyclic) bond motifs is 1. The minimum Gasteiger partial charge on any atom is -0.497 e. The van der Waals surface area contributed by atoms with Gasteiger partial charge in [-0.1, -0.05) is 12.1 Å². The van der Waals surface area contributed by atoms with Crippen molar-refractivity contribution >= 4 is 29.0 Å². The Labute approximate surface area is 175 Å². The highest BCUT2D eigenvalue weighted by molar-refractivity contribution is 6.05. The monoisotopic (exact) mass is 406 g/mol. The molecule has 1 aliphatic carbocycles. The summed E-state index contributed by atoms with van der Waals surface area (Å²) in [6.07, 6.45) is 2.68. The predicted molar refractivity (Wildman–Crippen MR) is 117 cm³/mol. The van der Waals surface area contributed by atoms with Crippen molar-refractivity contribution in [3.8, 4) is 17.0 Å². The third kappa shape index (κ3) is 4.03. The maximum Gasteiger partial charge on any atom is 0.411 e. The van der Waals surface area contributed by atoms with E-state index in [0.717, 1.165) is 40.7 Å². The van der Waals surface area contributed by atoms with E-state index in [9.17, 15) is 9.59 Å². The van der Waals surface area contributed by atoms with Crippen LogP contribution in [0.3, 0.4) is 0 Å².